The first-order valence-corrected chi connectivity index (χ1v) is 5.85. The number of H-pyrrole nitrogens is 1. The van der Waals surface area contributed by atoms with Crippen LogP contribution in [-0.2, 0) is 0 Å². The zero-order valence-corrected chi connectivity index (χ0v) is 10.3. The molecule has 4 N–H and O–H groups in total. The molecule has 0 fully saturated rings. The van der Waals surface area contributed by atoms with Crippen molar-refractivity contribution in [2.75, 3.05) is 13.2 Å². The lowest BCUT2D eigenvalue weighted by molar-refractivity contribution is 0.0951. The van der Waals surface area contributed by atoms with Crippen LogP contribution in [0.4, 0.5) is 0 Å². The van der Waals surface area contributed by atoms with E-state index < -0.39 is 11.5 Å². The molecule has 6 heteroatoms. The summed E-state index contributed by atoms with van der Waals surface area (Å²) in [5.41, 5.74) is -0.388. The summed E-state index contributed by atoms with van der Waals surface area (Å²) in [7, 11) is 0. The van der Waals surface area contributed by atoms with Crippen LogP contribution in [0.1, 0.15) is 30.1 Å². The summed E-state index contributed by atoms with van der Waals surface area (Å²) in [6.07, 6.45) is 1.57. The average Bonchev–Trinajstić information content (AvgIpc) is 2.32. The Morgan fingerprint density at radius 1 is 1.50 bits per heavy atom. The molecule has 1 rings (SSSR count). The van der Waals surface area contributed by atoms with Gasteiger partial charge in [-0.3, -0.25) is 14.6 Å². The van der Waals surface area contributed by atoms with Crippen molar-refractivity contribution in [2.45, 2.75) is 19.8 Å². The van der Waals surface area contributed by atoms with Crippen LogP contribution in [0, 0.1) is 5.92 Å². The minimum absolute atomic E-state index is 0.131. The second kappa shape index (κ2) is 6.80. The number of carbonyl (C=O) groups excluding carboxylic acids is 1. The van der Waals surface area contributed by atoms with Crippen molar-refractivity contribution in [2.24, 2.45) is 5.92 Å². The fraction of sp³-hybridized carbons (Fsp3) is 0.500. The van der Waals surface area contributed by atoms with Crippen molar-refractivity contribution in [1.82, 2.24) is 10.3 Å². The van der Waals surface area contributed by atoms with Gasteiger partial charge in [-0.05, 0) is 18.8 Å². The van der Waals surface area contributed by atoms with Crippen LogP contribution in [-0.4, -0.2) is 34.3 Å². The molecule has 0 saturated heterocycles. The highest BCUT2D eigenvalue weighted by Gasteiger charge is 2.07. The summed E-state index contributed by atoms with van der Waals surface area (Å²) in [5, 5.41) is 20.6. The molecule has 0 aromatic carbocycles. The van der Waals surface area contributed by atoms with Gasteiger partial charge in [0, 0.05) is 25.3 Å². The van der Waals surface area contributed by atoms with Gasteiger partial charge in [-0.2, -0.15) is 0 Å². The maximum Gasteiger partial charge on any atom is 0.251 e. The van der Waals surface area contributed by atoms with Gasteiger partial charge in [0.25, 0.3) is 11.5 Å². The largest absolute Gasteiger partial charge is 0.494 e. The van der Waals surface area contributed by atoms with Gasteiger partial charge in [0.15, 0.2) is 5.88 Å². The number of aliphatic hydroxyl groups is 1. The molecule has 18 heavy (non-hydrogen) atoms. The van der Waals surface area contributed by atoms with Gasteiger partial charge in [-0.25, -0.2) is 0 Å². The molecule has 0 aliphatic rings. The molecule has 0 spiro atoms. The van der Waals surface area contributed by atoms with Crippen molar-refractivity contribution >= 4 is 5.91 Å². The molecule has 0 radical (unpaired) electrons. The number of aliphatic hydroxyl groups excluding tert-OH is 1. The second-order valence-electron chi connectivity index (χ2n) is 4.30. The molecule has 1 aromatic rings. The van der Waals surface area contributed by atoms with Crippen molar-refractivity contribution in [3.63, 3.8) is 0 Å². The Bertz CT molecular complexity index is 456. The fourth-order valence-corrected chi connectivity index (χ4v) is 1.51. The average molecular weight is 254 g/mol. The third-order valence-corrected chi connectivity index (χ3v) is 2.56. The number of aromatic amines is 1. The quantitative estimate of drug-likeness (QED) is 0.545. The number of nitrogens with one attached hydrogen (secondary N) is 2. The number of pyridine rings is 1. The minimum Gasteiger partial charge on any atom is -0.494 e. The van der Waals surface area contributed by atoms with Crippen LogP contribution in [0.25, 0.3) is 0 Å². The SMILES string of the molecule is CC(CO)CCCNC(=O)c1cc(O)[nH]c(=O)c1. The number of rotatable bonds is 6. The molecule has 1 aromatic heterocycles. The highest BCUT2D eigenvalue weighted by molar-refractivity contribution is 5.94. The van der Waals surface area contributed by atoms with Crippen molar-refractivity contribution in [3.05, 3.63) is 28.0 Å². The highest BCUT2D eigenvalue weighted by atomic mass is 16.3. The highest BCUT2D eigenvalue weighted by Crippen LogP contribution is 2.05. The van der Waals surface area contributed by atoms with Crippen LogP contribution in [0.2, 0.25) is 0 Å². The first-order chi connectivity index (χ1) is 8.52. The number of hydrogen-bond donors (Lipinski definition) is 4. The molecule has 1 amide bonds. The van der Waals surface area contributed by atoms with Gasteiger partial charge in [0.1, 0.15) is 0 Å². The predicted octanol–water partition coefficient (Wildman–Crippen LogP) is 0.219. The zero-order chi connectivity index (χ0) is 13.5. The maximum absolute atomic E-state index is 11.6. The molecule has 100 valence electrons. The standard InChI is InChI=1S/C12H18N2O4/c1-8(7-15)3-2-4-13-12(18)9-5-10(16)14-11(17)6-9/h5-6,8,15H,2-4,7H2,1H3,(H,13,18)(H2,14,16,17). The van der Waals surface area contributed by atoms with Crippen LogP contribution in [0.5, 0.6) is 5.88 Å². The Balaban J connectivity index is 2.43. The lowest BCUT2D eigenvalue weighted by atomic mass is 10.1. The minimum atomic E-state index is -0.519. The maximum atomic E-state index is 11.6. The van der Waals surface area contributed by atoms with Crippen molar-refractivity contribution in [3.8, 4) is 5.88 Å². The summed E-state index contributed by atoms with van der Waals surface area (Å²) in [5.74, 6) is -0.514. The van der Waals surface area contributed by atoms with Crippen LogP contribution in [0.3, 0.4) is 0 Å². The normalized spacial score (nSPS) is 12.1. The van der Waals surface area contributed by atoms with E-state index in [0.29, 0.717) is 6.54 Å². The predicted molar refractivity (Wildman–Crippen MR) is 66.5 cm³/mol. The van der Waals surface area contributed by atoms with Crippen LogP contribution < -0.4 is 10.9 Å². The van der Waals surface area contributed by atoms with E-state index >= 15 is 0 Å². The van der Waals surface area contributed by atoms with E-state index in [0.717, 1.165) is 18.9 Å². The van der Waals surface area contributed by atoms with Crippen LogP contribution >= 0.6 is 0 Å². The Morgan fingerprint density at radius 2 is 2.22 bits per heavy atom. The summed E-state index contributed by atoms with van der Waals surface area (Å²) < 4.78 is 0. The smallest absolute Gasteiger partial charge is 0.251 e. The fourth-order valence-electron chi connectivity index (χ4n) is 1.51. The van der Waals surface area contributed by atoms with Gasteiger partial charge in [-0.1, -0.05) is 6.92 Å². The topological polar surface area (TPSA) is 102 Å². The molecule has 1 unspecified atom stereocenters. The van der Waals surface area contributed by atoms with E-state index in [1.165, 1.54) is 6.07 Å². The number of aromatic nitrogens is 1. The van der Waals surface area contributed by atoms with Gasteiger partial charge in [-0.15, -0.1) is 0 Å². The van der Waals surface area contributed by atoms with Crippen molar-refractivity contribution in [1.29, 1.82) is 0 Å². The Kier molecular flexibility index (Phi) is 5.38. The van der Waals surface area contributed by atoms with E-state index in [9.17, 15) is 9.59 Å². The molecular weight excluding hydrogens is 236 g/mol. The molecule has 0 bridgehead atoms. The third-order valence-electron chi connectivity index (χ3n) is 2.56. The zero-order valence-electron chi connectivity index (χ0n) is 10.3. The lowest BCUT2D eigenvalue weighted by Gasteiger charge is -2.08. The van der Waals surface area contributed by atoms with Gasteiger partial charge in [0.05, 0.1) is 5.56 Å². The number of amides is 1. The van der Waals surface area contributed by atoms with E-state index in [1.807, 2.05) is 6.92 Å². The van der Waals surface area contributed by atoms with Gasteiger partial charge < -0.3 is 15.5 Å². The molecule has 0 saturated carbocycles. The summed E-state index contributed by atoms with van der Waals surface area (Å²) in [4.78, 5) is 24.8. The van der Waals surface area contributed by atoms with E-state index in [2.05, 4.69) is 10.3 Å². The van der Waals surface area contributed by atoms with Gasteiger partial charge >= 0.3 is 0 Å². The van der Waals surface area contributed by atoms with Crippen molar-refractivity contribution < 1.29 is 15.0 Å². The summed E-state index contributed by atoms with van der Waals surface area (Å²) >= 11 is 0. The lowest BCUT2D eigenvalue weighted by Crippen LogP contribution is -2.26. The third kappa shape index (κ3) is 4.58. The molecular formula is C12H18N2O4. The molecule has 6 nitrogen and oxygen atoms in total. The van der Waals surface area contributed by atoms with Crippen LogP contribution in [0.15, 0.2) is 16.9 Å². The second-order valence-corrected chi connectivity index (χ2v) is 4.30. The van der Waals surface area contributed by atoms with E-state index in [1.54, 1.807) is 0 Å². The Labute approximate surface area is 105 Å². The van der Waals surface area contributed by atoms with E-state index in [-0.39, 0.29) is 24.0 Å². The molecule has 1 atom stereocenters. The Morgan fingerprint density at radius 3 is 2.83 bits per heavy atom. The first-order valence-electron chi connectivity index (χ1n) is 5.85. The Hall–Kier alpha value is -1.82. The first kappa shape index (κ1) is 14.2. The number of carbonyl (C=O) groups is 1. The number of hydrogen-bond acceptors (Lipinski definition) is 4. The monoisotopic (exact) mass is 254 g/mol. The van der Waals surface area contributed by atoms with Gasteiger partial charge in [0.2, 0.25) is 0 Å². The summed E-state index contributed by atoms with van der Waals surface area (Å²) in [6, 6.07) is 2.33. The molecule has 1 heterocycles. The molecule has 0 aliphatic carbocycles. The number of aromatic hydroxyl groups is 1. The summed E-state index contributed by atoms with van der Waals surface area (Å²) in [6.45, 7) is 2.53. The van der Waals surface area contributed by atoms with E-state index in [4.69, 9.17) is 10.2 Å². The molecule has 0 aliphatic heterocycles.